The average Bonchev–Trinajstić information content (AvgIpc) is 2.28. The van der Waals surface area contributed by atoms with Crippen LogP contribution in [-0.2, 0) is 4.79 Å². The van der Waals surface area contributed by atoms with Gasteiger partial charge in [0.05, 0.1) is 6.07 Å². The zero-order valence-corrected chi connectivity index (χ0v) is 11.4. The molecule has 0 fully saturated rings. The van der Waals surface area contributed by atoms with Crippen molar-refractivity contribution < 1.29 is 4.79 Å². The number of nitrogens with zero attached hydrogens (tertiary/aromatic N) is 1. The van der Waals surface area contributed by atoms with Gasteiger partial charge in [-0.05, 0) is 23.0 Å². The molecule has 96 valence electrons. The normalized spacial score (nSPS) is 10.5. The van der Waals surface area contributed by atoms with Crippen molar-refractivity contribution in [3.05, 3.63) is 29.3 Å². The molecule has 0 bridgehead atoms. The summed E-state index contributed by atoms with van der Waals surface area (Å²) in [5.74, 6) is 0.426. The molecule has 3 heteroatoms. The van der Waals surface area contributed by atoms with Crippen molar-refractivity contribution in [2.45, 2.75) is 46.0 Å². The van der Waals surface area contributed by atoms with E-state index in [9.17, 15) is 4.79 Å². The molecule has 0 radical (unpaired) electrons. The van der Waals surface area contributed by atoms with E-state index in [-0.39, 0.29) is 12.3 Å². The van der Waals surface area contributed by atoms with Crippen LogP contribution in [0, 0.1) is 11.3 Å². The van der Waals surface area contributed by atoms with Gasteiger partial charge < -0.3 is 5.32 Å². The second-order valence-electron chi connectivity index (χ2n) is 5.00. The Labute approximate surface area is 109 Å². The fourth-order valence-corrected chi connectivity index (χ4v) is 1.95. The third kappa shape index (κ3) is 3.33. The van der Waals surface area contributed by atoms with Crippen molar-refractivity contribution in [2.24, 2.45) is 0 Å². The third-order valence-electron chi connectivity index (χ3n) is 2.88. The van der Waals surface area contributed by atoms with Gasteiger partial charge in [0.1, 0.15) is 6.42 Å². The Balaban J connectivity index is 3.19. The topological polar surface area (TPSA) is 52.9 Å². The molecule has 0 heterocycles. The van der Waals surface area contributed by atoms with Crippen molar-refractivity contribution in [1.29, 1.82) is 5.26 Å². The minimum Gasteiger partial charge on any atom is -0.325 e. The van der Waals surface area contributed by atoms with Crippen molar-refractivity contribution >= 4 is 11.6 Å². The van der Waals surface area contributed by atoms with Gasteiger partial charge in [-0.3, -0.25) is 4.79 Å². The molecule has 0 aliphatic rings. The summed E-state index contributed by atoms with van der Waals surface area (Å²) < 4.78 is 0. The van der Waals surface area contributed by atoms with Crippen LogP contribution in [0.15, 0.2) is 18.2 Å². The van der Waals surface area contributed by atoms with E-state index in [2.05, 4.69) is 33.0 Å². The van der Waals surface area contributed by atoms with Crippen molar-refractivity contribution in [3.8, 4) is 6.07 Å². The molecule has 0 aromatic heterocycles. The Kier molecular flexibility index (Phi) is 4.91. The van der Waals surface area contributed by atoms with E-state index in [1.807, 2.05) is 24.3 Å². The van der Waals surface area contributed by atoms with Crippen LogP contribution in [0.25, 0.3) is 0 Å². The van der Waals surface area contributed by atoms with Gasteiger partial charge in [-0.15, -0.1) is 0 Å². The second-order valence-corrected chi connectivity index (χ2v) is 5.00. The number of amides is 1. The quantitative estimate of drug-likeness (QED) is 0.876. The first-order chi connectivity index (χ1) is 8.47. The standard InChI is InChI=1S/C15H20N2O/c1-10(2)12-6-5-7-13(11(3)4)15(12)17-14(18)8-9-16/h5-7,10-11H,8H2,1-4H3,(H,17,18). The number of hydrogen-bond donors (Lipinski definition) is 1. The SMILES string of the molecule is CC(C)c1cccc(C(C)C)c1NC(=O)CC#N. The summed E-state index contributed by atoms with van der Waals surface area (Å²) in [4.78, 5) is 11.6. The zero-order chi connectivity index (χ0) is 13.7. The van der Waals surface area contributed by atoms with Gasteiger partial charge in [0, 0.05) is 5.69 Å². The first kappa shape index (κ1) is 14.2. The number of anilines is 1. The monoisotopic (exact) mass is 244 g/mol. The van der Waals surface area contributed by atoms with Crippen molar-refractivity contribution in [3.63, 3.8) is 0 Å². The van der Waals surface area contributed by atoms with Crippen LogP contribution in [-0.4, -0.2) is 5.91 Å². The van der Waals surface area contributed by atoms with E-state index in [4.69, 9.17) is 5.26 Å². The molecule has 3 nitrogen and oxygen atoms in total. The molecular weight excluding hydrogens is 224 g/mol. The maximum Gasteiger partial charge on any atom is 0.238 e. The number of nitriles is 1. The molecule has 1 aromatic carbocycles. The van der Waals surface area contributed by atoms with Gasteiger partial charge in [-0.1, -0.05) is 45.9 Å². The zero-order valence-electron chi connectivity index (χ0n) is 11.4. The molecule has 18 heavy (non-hydrogen) atoms. The Morgan fingerprint density at radius 1 is 1.22 bits per heavy atom. The van der Waals surface area contributed by atoms with E-state index >= 15 is 0 Å². The van der Waals surface area contributed by atoms with Gasteiger partial charge in [-0.2, -0.15) is 5.26 Å². The smallest absolute Gasteiger partial charge is 0.238 e. The Hall–Kier alpha value is -1.82. The summed E-state index contributed by atoms with van der Waals surface area (Å²) in [5.41, 5.74) is 3.11. The van der Waals surface area contributed by atoms with E-state index in [1.165, 1.54) is 0 Å². The second kappa shape index (κ2) is 6.20. The van der Waals surface area contributed by atoms with Gasteiger partial charge in [0.15, 0.2) is 0 Å². The Morgan fingerprint density at radius 3 is 2.11 bits per heavy atom. The van der Waals surface area contributed by atoms with E-state index in [0.717, 1.165) is 16.8 Å². The Bertz CT molecular complexity index is 444. The fraction of sp³-hybridized carbons (Fsp3) is 0.467. The summed E-state index contributed by atoms with van der Waals surface area (Å²) in [6.07, 6.45) is -0.107. The lowest BCUT2D eigenvalue weighted by atomic mass is 9.92. The summed E-state index contributed by atoms with van der Waals surface area (Å²) in [5, 5.41) is 11.4. The van der Waals surface area contributed by atoms with Gasteiger partial charge in [-0.25, -0.2) is 0 Å². The van der Waals surface area contributed by atoms with Crippen LogP contribution in [0.5, 0.6) is 0 Å². The number of para-hydroxylation sites is 1. The molecule has 0 spiro atoms. The summed E-state index contributed by atoms with van der Waals surface area (Å²) in [6.45, 7) is 8.39. The van der Waals surface area contributed by atoms with Crippen molar-refractivity contribution in [1.82, 2.24) is 0 Å². The van der Waals surface area contributed by atoms with Crippen LogP contribution < -0.4 is 5.32 Å². The number of carbonyl (C=O) groups is 1. The molecular formula is C15H20N2O. The lowest BCUT2D eigenvalue weighted by Crippen LogP contribution is -2.14. The van der Waals surface area contributed by atoms with Crippen LogP contribution in [0.4, 0.5) is 5.69 Å². The first-order valence-corrected chi connectivity index (χ1v) is 6.27. The first-order valence-electron chi connectivity index (χ1n) is 6.27. The largest absolute Gasteiger partial charge is 0.325 e. The highest BCUT2D eigenvalue weighted by molar-refractivity contribution is 5.93. The highest BCUT2D eigenvalue weighted by Gasteiger charge is 2.15. The van der Waals surface area contributed by atoms with E-state index in [0.29, 0.717) is 11.8 Å². The summed E-state index contributed by atoms with van der Waals surface area (Å²) >= 11 is 0. The number of benzene rings is 1. The lowest BCUT2D eigenvalue weighted by molar-refractivity contribution is -0.115. The molecule has 1 N–H and O–H groups in total. The highest BCUT2D eigenvalue weighted by atomic mass is 16.1. The molecule has 1 amide bonds. The molecule has 1 aromatic rings. The number of rotatable bonds is 4. The number of hydrogen-bond acceptors (Lipinski definition) is 2. The highest BCUT2D eigenvalue weighted by Crippen LogP contribution is 2.32. The molecule has 0 unspecified atom stereocenters. The van der Waals surface area contributed by atoms with E-state index < -0.39 is 0 Å². The minimum atomic E-state index is -0.243. The summed E-state index contributed by atoms with van der Waals surface area (Å²) in [6, 6.07) is 7.94. The predicted octanol–water partition coefficient (Wildman–Crippen LogP) is 3.79. The van der Waals surface area contributed by atoms with Crippen LogP contribution in [0.3, 0.4) is 0 Å². The van der Waals surface area contributed by atoms with Gasteiger partial charge in [0.2, 0.25) is 5.91 Å². The number of carbonyl (C=O) groups excluding carboxylic acids is 1. The maximum atomic E-state index is 11.6. The molecule has 0 atom stereocenters. The molecule has 0 saturated heterocycles. The van der Waals surface area contributed by atoms with Crippen molar-refractivity contribution in [2.75, 3.05) is 5.32 Å². The Morgan fingerprint density at radius 2 is 1.72 bits per heavy atom. The lowest BCUT2D eigenvalue weighted by Gasteiger charge is -2.19. The fourth-order valence-electron chi connectivity index (χ4n) is 1.95. The summed E-state index contributed by atoms with van der Waals surface area (Å²) in [7, 11) is 0. The third-order valence-corrected chi connectivity index (χ3v) is 2.88. The maximum absolute atomic E-state index is 11.6. The average molecular weight is 244 g/mol. The van der Waals surface area contributed by atoms with Crippen LogP contribution in [0.2, 0.25) is 0 Å². The molecule has 0 aliphatic heterocycles. The van der Waals surface area contributed by atoms with Gasteiger partial charge >= 0.3 is 0 Å². The minimum absolute atomic E-state index is 0.107. The van der Waals surface area contributed by atoms with Crippen LogP contribution in [0.1, 0.15) is 57.1 Å². The van der Waals surface area contributed by atoms with Crippen LogP contribution >= 0.6 is 0 Å². The predicted molar refractivity (Wildman–Crippen MR) is 73.5 cm³/mol. The molecule has 0 saturated carbocycles. The van der Waals surface area contributed by atoms with Gasteiger partial charge in [0.25, 0.3) is 0 Å². The van der Waals surface area contributed by atoms with E-state index in [1.54, 1.807) is 0 Å². The molecule has 1 rings (SSSR count). The number of nitrogens with one attached hydrogen (secondary N) is 1. The molecule has 0 aliphatic carbocycles.